The molecule has 0 saturated carbocycles. The van der Waals surface area contributed by atoms with Gasteiger partial charge >= 0.3 is 12.1 Å². The third kappa shape index (κ3) is 6.09. The van der Waals surface area contributed by atoms with Gasteiger partial charge in [-0.1, -0.05) is 0 Å². The molecule has 8 heteroatoms. The van der Waals surface area contributed by atoms with Gasteiger partial charge in [0.1, 0.15) is 6.09 Å². The first kappa shape index (κ1) is 12.5. The molecule has 14 heavy (non-hydrogen) atoms. The summed E-state index contributed by atoms with van der Waals surface area (Å²) in [5.41, 5.74) is 0. The van der Waals surface area contributed by atoms with Gasteiger partial charge in [0.15, 0.2) is 0 Å². The van der Waals surface area contributed by atoms with E-state index >= 15 is 0 Å². The lowest BCUT2D eigenvalue weighted by Crippen LogP contribution is -2.40. The third-order valence-corrected chi connectivity index (χ3v) is 1.17. The van der Waals surface area contributed by atoms with Gasteiger partial charge in [0.25, 0.3) is 0 Å². The Morgan fingerprint density at radius 2 is 1.64 bits per heavy atom. The van der Waals surface area contributed by atoms with Gasteiger partial charge in [0.2, 0.25) is 0 Å². The predicted molar refractivity (Wildman–Crippen MR) is 37.1 cm³/mol. The number of halogens is 3. The first-order valence-electron chi connectivity index (χ1n) is 3.64. The second kappa shape index (κ2) is 5.30. The van der Waals surface area contributed by atoms with Gasteiger partial charge < -0.3 is 20.5 Å². The van der Waals surface area contributed by atoms with Crippen LogP contribution in [0.15, 0.2) is 0 Å². The molecular formula is C6H8F3N2O3-. The summed E-state index contributed by atoms with van der Waals surface area (Å²) in [6, 6.07) is 0. The number of rotatable bonds is 4. The zero-order valence-electron chi connectivity index (χ0n) is 6.98. The lowest BCUT2D eigenvalue weighted by atomic mass is 10.4. The molecule has 0 radical (unpaired) electrons. The van der Waals surface area contributed by atoms with Crippen LogP contribution in [0.1, 0.15) is 6.42 Å². The predicted octanol–water partition coefficient (Wildman–Crippen LogP) is -1.01. The Kier molecular flexibility index (Phi) is 4.74. The Hall–Kier alpha value is -1.47. The van der Waals surface area contributed by atoms with Crippen molar-refractivity contribution < 1.29 is 27.9 Å². The Balaban J connectivity index is 3.46. The summed E-state index contributed by atoms with van der Waals surface area (Å²) in [6.45, 7) is -0.320. The molecule has 0 aromatic heterocycles. The van der Waals surface area contributed by atoms with Gasteiger partial charge in [-0.3, -0.25) is 4.79 Å². The van der Waals surface area contributed by atoms with E-state index in [1.165, 1.54) is 0 Å². The van der Waals surface area contributed by atoms with Gasteiger partial charge in [-0.15, -0.1) is 0 Å². The van der Waals surface area contributed by atoms with Gasteiger partial charge in [0, 0.05) is 13.1 Å². The maximum Gasteiger partial charge on any atom is 0.471 e. The maximum absolute atomic E-state index is 11.6. The first-order valence-corrected chi connectivity index (χ1v) is 3.64. The Labute approximate surface area is 77.3 Å². The number of hydrogen-bond donors (Lipinski definition) is 2. The number of hydrogen-bond acceptors (Lipinski definition) is 3. The van der Waals surface area contributed by atoms with Crippen LogP contribution in [-0.2, 0) is 4.79 Å². The van der Waals surface area contributed by atoms with Crippen LogP contribution in [0.25, 0.3) is 0 Å². The molecule has 0 fully saturated rings. The average molecular weight is 213 g/mol. The molecule has 0 saturated heterocycles. The Bertz CT molecular complexity index is 217. The maximum atomic E-state index is 11.6. The number of nitrogens with one attached hydrogen (secondary N) is 2. The van der Waals surface area contributed by atoms with Crippen molar-refractivity contribution in [2.75, 3.05) is 13.1 Å². The van der Waals surface area contributed by atoms with E-state index in [1.807, 2.05) is 5.32 Å². The highest BCUT2D eigenvalue weighted by atomic mass is 19.4. The third-order valence-electron chi connectivity index (χ3n) is 1.17. The lowest BCUT2D eigenvalue weighted by Gasteiger charge is -2.08. The van der Waals surface area contributed by atoms with E-state index in [-0.39, 0.29) is 19.5 Å². The summed E-state index contributed by atoms with van der Waals surface area (Å²) in [5, 5.41) is 13.2. The summed E-state index contributed by atoms with van der Waals surface area (Å²) in [7, 11) is 0. The van der Waals surface area contributed by atoms with Crippen LogP contribution in [0.5, 0.6) is 0 Å². The van der Waals surface area contributed by atoms with E-state index in [2.05, 4.69) is 0 Å². The highest BCUT2D eigenvalue weighted by Gasteiger charge is 2.38. The van der Waals surface area contributed by atoms with Crippen molar-refractivity contribution in [1.29, 1.82) is 0 Å². The SMILES string of the molecule is O=C([O-])NCCCNC(=O)C(F)(F)F. The van der Waals surface area contributed by atoms with Crippen molar-refractivity contribution in [3.63, 3.8) is 0 Å². The molecule has 0 bridgehead atoms. The van der Waals surface area contributed by atoms with Crippen LogP contribution < -0.4 is 15.7 Å². The summed E-state index contributed by atoms with van der Waals surface area (Å²) >= 11 is 0. The molecule has 0 atom stereocenters. The normalized spacial score (nSPS) is 10.8. The summed E-state index contributed by atoms with van der Waals surface area (Å²) in [5.74, 6) is -2.04. The number of carboxylic acid groups (broad SMARTS) is 1. The lowest BCUT2D eigenvalue weighted by molar-refractivity contribution is -0.250. The smallest absolute Gasteiger partial charge is 0.471 e. The topological polar surface area (TPSA) is 81.3 Å². The van der Waals surface area contributed by atoms with Crippen molar-refractivity contribution in [2.24, 2.45) is 0 Å². The first-order chi connectivity index (χ1) is 6.34. The van der Waals surface area contributed by atoms with Crippen LogP contribution in [0.2, 0.25) is 0 Å². The van der Waals surface area contributed by atoms with Crippen LogP contribution in [-0.4, -0.2) is 31.3 Å². The molecular weight excluding hydrogens is 205 g/mol. The Morgan fingerprint density at radius 1 is 1.14 bits per heavy atom. The Morgan fingerprint density at radius 3 is 2.07 bits per heavy atom. The number of carbonyl (C=O) groups is 2. The van der Waals surface area contributed by atoms with Gasteiger partial charge in [-0.05, 0) is 6.42 Å². The zero-order chi connectivity index (χ0) is 11.2. The van der Waals surface area contributed by atoms with E-state index in [0.717, 1.165) is 0 Å². The molecule has 0 aromatic rings. The van der Waals surface area contributed by atoms with E-state index in [1.54, 1.807) is 5.32 Å². The highest BCUT2D eigenvalue weighted by molar-refractivity contribution is 5.81. The molecule has 0 aliphatic rings. The molecule has 2 amide bonds. The standard InChI is InChI=1S/C6H9F3N2O3/c7-6(8,9)4(12)10-2-1-3-11-5(13)14/h11H,1-3H2,(H,10,12)(H,13,14)/p-1. The average Bonchev–Trinajstić information content (AvgIpc) is 2.01. The highest BCUT2D eigenvalue weighted by Crippen LogP contribution is 2.13. The minimum absolute atomic E-state index is 0.0653. The van der Waals surface area contributed by atoms with Crippen molar-refractivity contribution in [2.45, 2.75) is 12.6 Å². The van der Waals surface area contributed by atoms with Crippen molar-refractivity contribution in [1.82, 2.24) is 10.6 Å². The van der Waals surface area contributed by atoms with Crippen molar-refractivity contribution in [3.8, 4) is 0 Å². The largest absolute Gasteiger partial charge is 0.530 e. The second-order valence-electron chi connectivity index (χ2n) is 2.32. The molecule has 5 nitrogen and oxygen atoms in total. The summed E-state index contributed by atoms with van der Waals surface area (Å²) in [6.07, 6.45) is -6.34. The van der Waals surface area contributed by atoms with E-state index < -0.39 is 18.2 Å². The van der Waals surface area contributed by atoms with Crippen LogP contribution in [0.4, 0.5) is 18.0 Å². The fourth-order valence-corrected chi connectivity index (χ4v) is 0.581. The second-order valence-corrected chi connectivity index (χ2v) is 2.32. The zero-order valence-corrected chi connectivity index (χ0v) is 6.98. The fraction of sp³-hybridized carbons (Fsp3) is 0.667. The molecule has 0 spiro atoms. The van der Waals surface area contributed by atoms with E-state index in [4.69, 9.17) is 0 Å². The molecule has 0 aliphatic carbocycles. The van der Waals surface area contributed by atoms with E-state index in [9.17, 15) is 27.9 Å². The molecule has 0 rings (SSSR count). The summed E-state index contributed by atoms with van der Waals surface area (Å²) in [4.78, 5) is 19.9. The number of alkyl halides is 3. The monoisotopic (exact) mass is 213 g/mol. The van der Waals surface area contributed by atoms with Crippen LogP contribution in [0.3, 0.4) is 0 Å². The van der Waals surface area contributed by atoms with Gasteiger partial charge in [-0.25, -0.2) is 0 Å². The van der Waals surface area contributed by atoms with Gasteiger partial charge in [0.05, 0.1) is 0 Å². The summed E-state index contributed by atoms with van der Waals surface area (Å²) < 4.78 is 34.7. The number of amides is 2. The van der Waals surface area contributed by atoms with Crippen molar-refractivity contribution in [3.05, 3.63) is 0 Å². The van der Waals surface area contributed by atoms with E-state index in [0.29, 0.717) is 0 Å². The molecule has 0 heterocycles. The van der Waals surface area contributed by atoms with Crippen LogP contribution >= 0.6 is 0 Å². The molecule has 2 N–H and O–H groups in total. The molecule has 82 valence electrons. The van der Waals surface area contributed by atoms with Crippen LogP contribution in [0, 0.1) is 0 Å². The minimum Gasteiger partial charge on any atom is -0.530 e. The molecule has 0 unspecified atom stereocenters. The fourth-order valence-electron chi connectivity index (χ4n) is 0.581. The molecule has 0 aromatic carbocycles. The number of carbonyl (C=O) groups excluding carboxylic acids is 2. The minimum atomic E-state index is -4.90. The van der Waals surface area contributed by atoms with Gasteiger partial charge in [-0.2, -0.15) is 13.2 Å². The quantitative estimate of drug-likeness (QED) is 0.587. The van der Waals surface area contributed by atoms with Crippen molar-refractivity contribution >= 4 is 12.0 Å². The molecule has 0 aliphatic heterocycles.